The minimum atomic E-state index is -1.16. The summed E-state index contributed by atoms with van der Waals surface area (Å²) in [6.45, 7) is 8.69. The fourth-order valence-corrected chi connectivity index (χ4v) is 2.05. The molecule has 2 N–H and O–H groups in total. The molecule has 5 heteroatoms. The van der Waals surface area contributed by atoms with Crippen molar-refractivity contribution in [1.29, 1.82) is 0 Å². The van der Waals surface area contributed by atoms with Crippen LogP contribution >= 0.6 is 0 Å². The van der Waals surface area contributed by atoms with Gasteiger partial charge in [0.25, 0.3) is 0 Å². The Balaban J connectivity index is 2.97. The molecule has 2 atom stereocenters. The number of hydrogen-bond acceptors (Lipinski definition) is 3. The lowest BCUT2D eigenvalue weighted by atomic mass is 9.92. The van der Waals surface area contributed by atoms with Crippen LogP contribution in [-0.2, 0) is 4.74 Å². The van der Waals surface area contributed by atoms with Gasteiger partial charge in [0.15, 0.2) is 0 Å². The maximum absolute atomic E-state index is 11.2. The van der Waals surface area contributed by atoms with Gasteiger partial charge in [-0.3, -0.25) is 4.90 Å². The van der Waals surface area contributed by atoms with Crippen LogP contribution in [0.1, 0.15) is 27.2 Å². The second-order valence-electron chi connectivity index (χ2n) is 4.78. The Labute approximate surface area is 95.3 Å². The first-order valence-electron chi connectivity index (χ1n) is 5.22. The van der Waals surface area contributed by atoms with E-state index in [2.05, 4.69) is 6.58 Å². The highest BCUT2D eigenvalue weighted by Crippen LogP contribution is 2.34. The summed E-state index contributed by atoms with van der Waals surface area (Å²) in [5, 5.41) is 19.4. The van der Waals surface area contributed by atoms with Crippen molar-refractivity contribution in [2.75, 3.05) is 6.61 Å². The average molecular weight is 229 g/mol. The Morgan fingerprint density at radius 1 is 1.75 bits per heavy atom. The predicted molar refractivity (Wildman–Crippen MR) is 59.1 cm³/mol. The molecular formula is C11H19NO4. The van der Waals surface area contributed by atoms with Crippen LogP contribution in [0.3, 0.4) is 0 Å². The van der Waals surface area contributed by atoms with Crippen molar-refractivity contribution in [3.05, 3.63) is 12.7 Å². The minimum Gasteiger partial charge on any atom is -0.465 e. The molecule has 1 amide bonds. The van der Waals surface area contributed by atoms with E-state index in [4.69, 9.17) is 9.84 Å². The monoisotopic (exact) mass is 229 g/mol. The third-order valence-corrected chi connectivity index (χ3v) is 2.97. The molecule has 1 fully saturated rings. The van der Waals surface area contributed by atoms with Gasteiger partial charge in [-0.1, -0.05) is 6.08 Å². The molecule has 1 saturated heterocycles. The molecule has 0 aromatic rings. The number of carboxylic acid groups (broad SMARTS) is 1. The number of amides is 1. The molecule has 0 radical (unpaired) electrons. The summed E-state index contributed by atoms with van der Waals surface area (Å²) in [4.78, 5) is 12.4. The molecule has 1 rings (SSSR count). The van der Waals surface area contributed by atoms with Crippen molar-refractivity contribution in [1.82, 2.24) is 4.90 Å². The lowest BCUT2D eigenvalue weighted by Crippen LogP contribution is -2.55. The largest absolute Gasteiger partial charge is 0.465 e. The maximum atomic E-state index is 11.2. The molecule has 0 saturated carbocycles. The van der Waals surface area contributed by atoms with E-state index >= 15 is 0 Å². The zero-order valence-corrected chi connectivity index (χ0v) is 9.93. The van der Waals surface area contributed by atoms with Gasteiger partial charge in [-0.15, -0.1) is 6.58 Å². The number of nitrogens with zero attached hydrogens (tertiary/aromatic N) is 1. The van der Waals surface area contributed by atoms with Crippen molar-refractivity contribution in [3.63, 3.8) is 0 Å². The molecule has 92 valence electrons. The highest BCUT2D eigenvalue weighted by Gasteiger charge is 2.50. The fraction of sp³-hybridized carbons (Fsp3) is 0.727. The second-order valence-corrected chi connectivity index (χ2v) is 4.78. The normalized spacial score (nSPS) is 27.5. The number of rotatable bonds is 3. The highest BCUT2D eigenvalue weighted by atomic mass is 16.5. The quantitative estimate of drug-likeness (QED) is 0.718. The molecule has 1 aliphatic heterocycles. The third-order valence-electron chi connectivity index (χ3n) is 2.97. The molecule has 0 aromatic heterocycles. The Hall–Kier alpha value is -1.07. The SMILES string of the molecule is C=CCC(C)(O)[C@@H]1COC(C)(C)N1C(=O)O. The molecule has 0 aromatic carbocycles. The summed E-state index contributed by atoms with van der Waals surface area (Å²) in [6.07, 6.45) is 0.809. The Kier molecular flexibility index (Phi) is 3.30. The average Bonchev–Trinajstić information content (AvgIpc) is 2.41. The first kappa shape index (κ1) is 13.0. The van der Waals surface area contributed by atoms with Crippen LogP contribution in [0.4, 0.5) is 4.79 Å². The number of aliphatic hydroxyl groups is 1. The van der Waals surface area contributed by atoms with Gasteiger partial charge < -0.3 is 14.9 Å². The molecule has 0 spiro atoms. The molecule has 1 aliphatic rings. The maximum Gasteiger partial charge on any atom is 0.410 e. The topological polar surface area (TPSA) is 70.0 Å². The number of ether oxygens (including phenoxy) is 1. The Morgan fingerprint density at radius 2 is 2.31 bits per heavy atom. The standard InChI is InChI=1S/C11H19NO4/c1-5-6-11(4,15)8-7-16-10(2,3)12(8)9(13)14/h5,8,15H,1,6-7H2,2-4H3,(H,13,14)/t8-,11?/m0/s1. The minimum absolute atomic E-state index is 0.195. The molecule has 1 heterocycles. The van der Waals surface area contributed by atoms with Gasteiger partial charge >= 0.3 is 6.09 Å². The molecule has 16 heavy (non-hydrogen) atoms. The van der Waals surface area contributed by atoms with Gasteiger partial charge in [0.05, 0.1) is 18.2 Å². The summed E-state index contributed by atoms with van der Waals surface area (Å²) in [6, 6.07) is -0.571. The van der Waals surface area contributed by atoms with Crippen molar-refractivity contribution < 1.29 is 19.7 Å². The Bertz CT molecular complexity index is 298. The van der Waals surface area contributed by atoms with E-state index in [1.807, 2.05) is 0 Å². The summed E-state index contributed by atoms with van der Waals surface area (Å²) >= 11 is 0. The van der Waals surface area contributed by atoms with Crippen LogP contribution in [0.2, 0.25) is 0 Å². The van der Waals surface area contributed by atoms with Crippen molar-refractivity contribution in [2.45, 2.75) is 44.6 Å². The van der Waals surface area contributed by atoms with Crippen LogP contribution in [-0.4, -0.2) is 45.2 Å². The van der Waals surface area contributed by atoms with E-state index in [1.54, 1.807) is 26.8 Å². The zero-order valence-electron chi connectivity index (χ0n) is 9.93. The highest BCUT2D eigenvalue weighted by molar-refractivity contribution is 5.67. The fourth-order valence-electron chi connectivity index (χ4n) is 2.05. The van der Waals surface area contributed by atoms with E-state index in [0.717, 1.165) is 4.90 Å². The van der Waals surface area contributed by atoms with Crippen molar-refractivity contribution >= 4 is 6.09 Å². The van der Waals surface area contributed by atoms with Gasteiger partial charge in [-0.2, -0.15) is 0 Å². The summed E-state index contributed by atoms with van der Waals surface area (Å²) < 4.78 is 5.41. The van der Waals surface area contributed by atoms with Crippen molar-refractivity contribution in [2.24, 2.45) is 0 Å². The molecule has 5 nitrogen and oxygen atoms in total. The van der Waals surface area contributed by atoms with E-state index in [9.17, 15) is 9.90 Å². The molecule has 1 unspecified atom stereocenters. The number of carbonyl (C=O) groups is 1. The first-order valence-corrected chi connectivity index (χ1v) is 5.22. The van der Waals surface area contributed by atoms with E-state index in [0.29, 0.717) is 6.42 Å². The summed E-state index contributed by atoms with van der Waals surface area (Å²) in [5.74, 6) is 0. The van der Waals surface area contributed by atoms with Gasteiger partial charge in [-0.25, -0.2) is 4.79 Å². The molecular weight excluding hydrogens is 210 g/mol. The van der Waals surface area contributed by atoms with Crippen LogP contribution in [0.5, 0.6) is 0 Å². The second kappa shape index (κ2) is 4.07. The molecule has 0 bridgehead atoms. The lowest BCUT2D eigenvalue weighted by Gasteiger charge is -2.37. The van der Waals surface area contributed by atoms with Crippen molar-refractivity contribution in [3.8, 4) is 0 Å². The van der Waals surface area contributed by atoms with Crippen LogP contribution < -0.4 is 0 Å². The predicted octanol–water partition coefficient (Wildman–Crippen LogP) is 1.43. The van der Waals surface area contributed by atoms with Gasteiger partial charge in [-0.05, 0) is 27.2 Å². The summed E-state index contributed by atoms with van der Waals surface area (Å²) in [7, 11) is 0. The summed E-state index contributed by atoms with van der Waals surface area (Å²) in [5.41, 5.74) is -2.06. The smallest absolute Gasteiger partial charge is 0.410 e. The van der Waals surface area contributed by atoms with Gasteiger partial charge in [0, 0.05) is 0 Å². The van der Waals surface area contributed by atoms with Crippen LogP contribution in [0.25, 0.3) is 0 Å². The van der Waals surface area contributed by atoms with Crippen LogP contribution in [0, 0.1) is 0 Å². The third kappa shape index (κ3) is 2.20. The van der Waals surface area contributed by atoms with E-state index in [1.165, 1.54) is 0 Å². The van der Waals surface area contributed by atoms with E-state index < -0.39 is 23.5 Å². The Morgan fingerprint density at radius 3 is 2.75 bits per heavy atom. The lowest BCUT2D eigenvalue weighted by molar-refractivity contribution is -0.0578. The zero-order chi connectivity index (χ0) is 12.6. The van der Waals surface area contributed by atoms with Crippen LogP contribution in [0.15, 0.2) is 12.7 Å². The van der Waals surface area contributed by atoms with Gasteiger partial charge in [0.2, 0.25) is 0 Å². The molecule has 0 aliphatic carbocycles. The van der Waals surface area contributed by atoms with Gasteiger partial charge in [0.1, 0.15) is 5.72 Å². The first-order chi connectivity index (χ1) is 7.22. The van der Waals surface area contributed by atoms with E-state index in [-0.39, 0.29) is 6.61 Å². The number of hydrogen-bond donors (Lipinski definition) is 2.